The lowest BCUT2D eigenvalue weighted by molar-refractivity contribution is 0.662. The predicted octanol–water partition coefficient (Wildman–Crippen LogP) is 3.37. The van der Waals surface area contributed by atoms with Gasteiger partial charge >= 0.3 is 0 Å². The Morgan fingerprint density at radius 3 is 2.63 bits per heavy atom. The summed E-state index contributed by atoms with van der Waals surface area (Å²) in [6.07, 6.45) is 1.97. The number of aryl methyl sites for hydroxylation is 1. The van der Waals surface area contributed by atoms with Crippen LogP contribution in [0.25, 0.3) is 0 Å². The zero-order chi connectivity index (χ0) is 13.8. The maximum absolute atomic E-state index is 4.50. The third-order valence-corrected chi connectivity index (χ3v) is 4.53. The predicted molar refractivity (Wildman–Crippen MR) is 82.9 cm³/mol. The largest absolute Gasteiger partial charge is 0.347 e. The number of hydrogen-bond acceptors (Lipinski definition) is 4. The minimum absolute atomic E-state index is 0.360. The van der Waals surface area contributed by atoms with E-state index in [0.29, 0.717) is 6.04 Å². The molecule has 0 fully saturated rings. The van der Waals surface area contributed by atoms with E-state index in [1.807, 2.05) is 13.2 Å². The Kier molecular flexibility index (Phi) is 4.56. The molecule has 1 unspecified atom stereocenters. The van der Waals surface area contributed by atoms with Crippen LogP contribution in [-0.4, -0.2) is 19.1 Å². The van der Waals surface area contributed by atoms with Crippen molar-refractivity contribution in [1.29, 1.82) is 0 Å². The molecule has 0 amide bonds. The van der Waals surface area contributed by atoms with Gasteiger partial charge in [-0.25, -0.2) is 4.98 Å². The molecule has 0 aliphatic rings. The van der Waals surface area contributed by atoms with Gasteiger partial charge in [-0.3, -0.25) is 0 Å². The molecule has 2 rings (SSSR count). The van der Waals surface area contributed by atoms with Gasteiger partial charge in [-0.1, -0.05) is 29.8 Å². The molecule has 0 aliphatic carbocycles. The molecule has 2 aromatic rings. The summed E-state index contributed by atoms with van der Waals surface area (Å²) in [4.78, 5) is 7.97. The zero-order valence-electron chi connectivity index (χ0n) is 12.0. The molecule has 102 valence electrons. The second-order valence-electron chi connectivity index (χ2n) is 4.90. The van der Waals surface area contributed by atoms with Crippen LogP contribution in [0.2, 0.25) is 0 Å². The van der Waals surface area contributed by atoms with Gasteiger partial charge in [-0.15, -0.1) is 11.3 Å². The summed E-state index contributed by atoms with van der Waals surface area (Å²) in [6.45, 7) is 5.15. The second kappa shape index (κ2) is 6.17. The molecule has 0 radical (unpaired) electrons. The summed E-state index contributed by atoms with van der Waals surface area (Å²) in [5, 5.41) is 4.31. The van der Waals surface area contributed by atoms with Crippen molar-refractivity contribution in [3.63, 3.8) is 0 Å². The first-order chi connectivity index (χ1) is 9.10. The average molecular weight is 275 g/mol. The first-order valence-electron chi connectivity index (χ1n) is 6.50. The number of nitrogens with zero attached hydrogens (tertiary/aromatic N) is 2. The second-order valence-corrected chi connectivity index (χ2v) is 5.94. The van der Waals surface area contributed by atoms with Crippen LogP contribution in [0, 0.1) is 6.92 Å². The Hall–Kier alpha value is -1.39. The minimum atomic E-state index is 0.360. The maximum Gasteiger partial charge on any atom is 0.185 e. The van der Waals surface area contributed by atoms with Gasteiger partial charge in [0.05, 0.1) is 0 Å². The fourth-order valence-corrected chi connectivity index (χ4v) is 2.77. The SMILES string of the molecule is CNC(C)c1cnc(N(C)Cc2ccc(C)cc2)s1. The molecule has 19 heavy (non-hydrogen) atoms. The number of anilines is 1. The van der Waals surface area contributed by atoms with Crippen molar-refractivity contribution in [2.75, 3.05) is 19.0 Å². The highest BCUT2D eigenvalue weighted by atomic mass is 32.1. The minimum Gasteiger partial charge on any atom is -0.347 e. The summed E-state index contributed by atoms with van der Waals surface area (Å²) in [7, 11) is 4.06. The normalized spacial score (nSPS) is 12.4. The fraction of sp³-hybridized carbons (Fsp3) is 0.400. The van der Waals surface area contributed by atoms with Crippen LogP contribution in [-0.2, 0) is 6.54 Å². The number of nitrogens with one attached hydrogen (secondary N) is 1. The van der Waals surface area contributed by atoms with Gasteiger partial charge in [0.25, 0.3) is 0 Å². The van der Waals surface area contributed by atoms with Crippen LogP contribution in [0.3, 0.4) is 0 Å². The Morgan fingerprint density at radius 1 is 1.32 bits per heavy atom. The van der Waals surface area contributed by atoms with Crippen LogP contribution >= 0.6 is 11.3 Å². The third-order valence-electron chi connectivity index (χ3n) is 3.24. The van der Waals surface area contributed by atoms with Crippen LogP contribution in [0.15, 0.2) is 30.5 Å². The Labute approximate surface area is 119 Å². The average Bonchev–Trinajstić information content (AvgIpc) is 2.90. The number of thiazole rings is 1. The zero-order valence-corrected chi connectivity index (χ0v) is 12.8. The van der Waals surface area contributed by atoms with Gasteiger partial charge in [0, 0.05) is 30.7 Å². The number of rotatable bonds is 5. The molecule has 1 heterocycles. The van der Waals surface area contributed by atoms with Crippen molar-refractivity contribution < 1.29 is 0 Å². The molecular weight excluding hydrogens is 254 g/mol. The molecular formula is C15H21N3S. The lowest BCUT2D eigenvalue weighted by Gasteiger charge is -2.16. The van der Waals surface area contributed by atoms with Crippen LogP contribution < -0.4 is 10.2 Å². The molecule has 0 aliphatic heterocycles. The van der Waals surface area contributed by atoms with Crippen molar-refractivity contribution in [3.05, 3.63) is 46.5 Å². The van der Waals surface area contributed by atoms with E-state index in [4.69, 9.17) is 0 Å². The molecule has 1 aromatic heterocycles. The molecule has 1 N–H and O–H groups in total. The lowest BCUT2D eigenvalue weighted by Crippen LogP contribution is -2.15. The van der Waals surface area contributed by atoms with E-state index in [2.05, 4.69) is 60.4 Å². The van der Waals surface area contributed by atoms with Crippen molar-refractivity contribution >= 4 is 16.5 Å². The molecule has 0 spiro atoms. The van der Waals surface area contributed by atoms with Crippen LogP contribution in [0.5, 0.6) is 0 Å². The summed E-state index contributed by atoms with van der Waals surface area (Å²) in [5.41, 5.74) is 2.61. The standard InChI is InChI=1S/C15H21N3S/c1-11-5-7-13(8-6-11)10-18(4)15-17-9-14(19-15)12(2)16-3/h5-9,12,16H,10H2,1-4H3. The van der Waals surface area contributed by atoms with Crippen molar-refractivity contribution in [3.8, 4) is 0 Å². The monoisotopic (exact) mass is 275 g/mol. The fourth-order valence-electron chi connectivity index (χ4n) is 1.83. The molecule has 1 aromatic carbocycles. The van der Waals surface area contributed by atoms with Crippen molar-refractivity contribution in [1.82, 2.24) is 10.3 Å². The Bertz CT molecular complexity index is 518. The summed E-state index contributed by atoms with van der Waals surface area (Å²) < 4.78 is 0. The van der Waals surface area contributed by atoms with E-state index in [9.17, 15) is 0 Å². The van der Waals surface area contributed by atoms with Crippen LogP contribution in [0.4, 0.5) is 5.13 Å². The molecule has 3 nitrogen and oxygen atoms in total. The maximum atomic E-state index is 4.50. The summed E-state index contributed by atoms with van der Waals surface area (Å²) in [5.74, 6) is 0. The van der Waals surface area contributed by atoms with Crippen molar-refractivity contribution in [2.24, 2.45) is 0 Å². The Morgan fingerprint density at radius 2 is 2.00 bits per heavy atom. The highest BCUT2D eigenvalue weighted by Gasteiger charge is 2.11. The van der Waals surface area contributed by atoms with Gasteiger partial charge in [-0.2, -0.15) is 0 Å². The quantitative estimate of drug-likeness (QED) is 0.907. The highest BCUT2D eigenvalue weighted by molar-refractivity contribution is 7.15. The Balaban J connectivity index is 2.05. The molecule has 4 heteroatoms. The number of hydrogen-bond donors (Lipinski definition) is 1. The number of aromatic nitrogens is 1. The smallest absolute Gasteiger partial charge is 0.185 e. The van der Waals surface area contributed by atoms with E-state index in [-0.39, 0.29) is 0 Å². The van der Waals surface area contributed by atoms with Gasteiger partial charge in [0.1, 0.15) is 0 Å². The molecule has 1 atom stereocenters. The topological polar surface area (TPSA) is 28.2 Å². The highest BCUT2D eigenvalue weighted by Crippen LogP contribution is 2.27. The van der Waals surface area contributed by atoms with E-state index < -0.39 is 0 Å². The van der Waals surface area contributed by atoms with Crippen LogP contribution in [0.1, 0.15) is 29.0 Å². The van der Waals surface area contributed by atoms with E-state index in [1.54, 1.807) is 11.3 Å². The first kappa shape index (κ1) is 14.0. The van der Waals surface area contributed by atoms with E-state index in [1.165, 1.54) is 16.0 Å². The molecule has 0 saturated carbocycles. The van der Waals surface area contributed by atoms with E-state index in [0.717, 1.165) is 11.7 Å². The summed E-state index contributed by atoms with van der Waals surface area (Å²) >= 11 is 1.75. The first-order valence-corrected chi connectivity index (χ1v) is 7.31. The molecule has 0 bridgehead atoms. The number of benzene rings is 1. The van der Waals surface area contributed by atoms with Gasteiger partial charge < -0.3 is 10.2 Å². The lowest BCUT2D eigenvalue weighted by atomic mass is 10.1. The third kappa shape index (κ3) is 3.55. The summed E-state index contributed by atoms with van der Waals surface area (Å²) in [6, 6.07) is 9.02. The van der Waals surface area contributed by atoms with E-state index >= 15 is 0 Å². The van der Waals surface area contributed by atoms with Crippen molar-refractivity contribution in [2.45, 2.75) is 26.4 Å². The van der Waals surface area contributed by atoms with Gasteiger partial charge in [-0.05, 0) is 26.5 Å². The van der Waals surface area contributed by atoms with Gasteiger partial charge in [0.15, 0.2) is 5.13 Å². The van der Waals surface area contributed by atoms with Gasteiger partial charge in [0.2, 0.25) is 0 Å². The molecule has 0 saturated heterocycles.